The molecule has 0 aromatic heterocycles. The lowest BCUT2D eigenvalue weighted by Crippen LogP contribution is -2.16. The molecule has 0 radical (unpaired) electrons. The molecule has 0 amide bonds. The van der Waals surface area contributed by atoms with Gasteiger partial charge < -0.3 is 9.64 Å². The van der Waals surface area contributed by atoms with Crippen LogP contribution in [-0.4, -0.2) is 19.0 Å². The molecule has 0 bridgehead atoms. The molecule has 19 heavy (non-hydrogen) atoms. The minimum Gasteiger partial charge on any atom is -0.461 e. The predicted molar refractivity (Wildman–Crippen MR) is 73.6 cm³/mol. The predicted octanol–water partition coefficient (Wildman–Crippen LogP) is 3.82. The molecule has 0 aromatic carbocycles. The molecular weight excluding hydrogens is 241 g/mol. The summed E-state index contributed by atoms with van der Waals surface area (Å²) >= 11 is 0. The fourth-order valence-corrected chi connectivity index (χ4v) is 2.61. The molecule has 0 spiro atoms. The quantitative estimate of drug-likeness (QED) is 0.747. The van der Waals surface area contributed by atoms with Crippen LogP contribution in [0.1, 0.15) is 19.3 Å². The molecule has 3 rings (SSSR count). The molecule has 100 valence electrons. The van der Waals surface area contributed by atoms with Gasteiger partial charge in [0.1, 0.15) is 17.3 Å². The lowest BCUT2D eigenvalue weighted by atomic mass is 9.95. The first kappa shape index (κ1) is 12.3. The molecule has 3 heteroatoms. The van der Waals surface area contributed by atoms with Gasteiger partial charge in [-0.1, -0.05) is 6.08 Å². The second kappa shape index (κ2) is 4.72. The van der Waals surface area contributed by atoms with Crippen molar-refractivity contribution in [3.05, 3.63) is 59.0 Å². The average Bonchev–Trinajstić information content (AvgIpc) is 2.82. The van der Waals surface area contributed by atoms with Crippen molar-refractivity contribution in [2.24, 2.45) is 5.92 Å². The maximum Gasteiger partial charge on any atom is 0.126 e. The highest BCUT2D eigenvalue weighted by Gasteiger charge is 2.28. The van der Waals surface area contributed by atoms with Gasteiger partial charge in [0.25, 0.3) is 0 Å². The Morgan fingerprint density at radius 2 is 2.00 bits per heavy atom. The second-order valence-electron chi connectivity index (χ2n) is 5.37. The molecule has 0 N–H and O–H groups in total. The first-order valence-electron chi connectivity index (χ1n) is 6.67. The Bertz CT molecular complexity index is 549. The number of halogens is 1. The second-order valence-corrected chi connectivity index (χ2v) is 5.37. The number of rotatable bonds is 2. The minimum atomic E-state index is -0.0458. The maximum atomic E-state index is 13.0. The van der Waals surface area contributed by atoms with Crippen LogP contribution < -0.4 is 0 Å². The van der Waals surface area contributed by atoms with Gasteiger partial charge in [-0.3, -0.25) is 0 Å². The van der Waals surface area contributed by atoms with Crippen molar-refractivity contribution in [3.8, 4) is 0 Å². The van der Waals surface area contributed by atoms with E-state index in [0.717, 1.165) is 29.9 Å². The lowest BCUT2D eigenvalue weighted by molar-refractivity contribution is 0.301. The van der Waals surface area contributed by atoms with E-state index in [-0.39, 0.29) is 5.83 Å². The van der Waals surface area contributed by atoms with Gasteiger partial charge in [-0.15, -0.1) is 0 Å². The third-order valence-corrected chi connectivity index (χ3v) is 3.80. The van der Waals surface area contributed by atoms with Crippen molar-refractivity contribution in [1.29, 1.82) is 0 Å². The molecule has 2 aliphatic carbocycles. The number of allylic oxidation sites excluding steroid dienone is 8. The van der Waals surface area contributed by atoms with Crippen molar-refractivity contribution in [1.82, 2.24) is 4.90 Å². The highest BCUT2D eigenvalue weighted by molar-refractivity contribution is 5.41. The van der Waals surface area contributed by atoms with Crippen LogP contribution in [0.5, 0.6) is 0 Å². The molecule has 0 aromatic rings. The van der Waals surface area contributed by atoms with Crippen LogP contribution >= 0.6 is 0 Å². The number of nitrogens with zero attached hydrogens (tertiary/aromatic N) is 1. The summed E-state index contributed by atoms with van der Waals surface area (Å²) in [7, 11) is 4.12. The van der Waals surface area contributed by atoms with Gasteiger partial charge >= 0.3 is 0 Å². The van der Waals surface area contributed by atoms with E-state index in [1.54, 1.807) is 6.08 Å². The number of hydrogen-bond donors (Lipinski definition) is 0. The zero-order valence-electron chi connectivity index (χ0n) is 11.3. The standard InChI is InChI=1S/C16H18FNO/c1-18(2)14-7-8-15-12(9-14)10-16(19-15)11-3-5-13(17)6-4-11/h3,5,7-8,10,12H,4,6,9H2,1-2H3. The highest BCUT2D eigenvalue weighted by atomic mass is 19.1. The maximum absolute atomic E-state index is 13.0. The van der Waals surface area contributed by atoms with Crippen molar-refractivity contribution in [3.63, 3.8) is 0 Å². The van der Waals surface area contributed by atoms with E-state index in [4.69, 9.17) is 4.74 Å². The summed E-state index contributed by atoms with van der Waals surface area (Å²) in [5.41, 5.74) is 2.40. The molecular formula is C16H18FNO. The molecule has 0 fully saturated rings. The van der Waals surface area contributed by atoms with Crippen molar-refractivity contribution < 1.29 is 9.13 Å². The topological polar surface area (TPSA) is 12.5 Å². The third kappa shape index (κ3) is 2.37. The minimum absolute atomic E-state index is 0.0458. The summed E-state index contributed by atoms with van der Waals surface area (Å²) < 4.78 is 18.9. The van der Waals surface area contributed by atoms with E-state index in [9.17, 15) is 4.39 Å². The molecule has 1 aliphatic heterocycles. The first-order valence-corrected chi connectivity index (χ1v) is 6.67. The summed E-state index contributed by atoms with van der Waals surface area (Å²) in [6.07, 6.45) is 11.9. The SMILES string of the molecule is CN(C)C1=CC=C2OC(C3=CC=C(F)CC3)=CC2C1. The van der Waals surface area contributed by atoms with Gasteiger partial charge in [0, 0.05) is 38.6 Å². The van der Waals surface area contributed by atoms with Gasteiger partial charge in [-0.05, 0) is 36.3 Å². The third-order valence-electron chi connectivity index (χ3n) is 3.80. The Balaban J connectivity index is 1.79. The summed E-state index contributed by atoms with van der Waals surface area (Å²) in [5.74, 6) is 2.20. The average molecular weight is 259 g/mol. The summed E-state index contributed by atoms with van der Waals surface area (Å²) in [6.45, 7) is 0. The zero-order valence-corrected chi connectivity index (χ0v) is 11.3. The monoisotopic (exact) mass is 259 g/mol. The Kier molecular flexibility index (Phi) is 3.05. The summed E-state index contributed by atoms with van der Waals surface area (Å²) in [6, 6.07) is 0. The van der Waals surface area contributed by atoms with Gasteiger partial charge in [-0.2, -0.15) is 0 Å². The highest BCUT2D eigenvalue weighted by Crippen LogP contribution is 2.39. The van der Waals surface area contributed by atoms with Crippen LogP contribution in [0.25, 0.3) is 0 Å². The number of fused-ring (bicyclic) bond motifs is 1. The van der Waals surface area contributed by atoms with Crippen molar-refractivity contribution in [2.75, 3.05) is 14.1 Å². The Hall–Kier alpha value is -1.77. The lowest BCUT2D eigenvalue weighted by Gasteiger charge is -2.22. The largest absolute Gasteiger partial charge is 0.461 e. The fourth-order valence-electron chi connectivity index (χ4n) is 2.61. The van der Waals surface area contributed by atoms with E-state index < -0.39 is 0 Å². The zero-order chi connectivity index (χ0) is 13.4. The van der Waals surface area contributed by atoms with Crippen LogP contribution in [0.3, 0.4) is 0 Å². The first-order chi connectivity index (χ1) is 9.13. The van der Waals surface area contributed by atoms with Crippen molar-refractivity contribution >= 4 is 0 Å². The van der Waals surface area contributed by atoms with Gasteiger partial charge in [0.15, 0.2) is 0 Å². The van der Waals surface area contributed by atoms with Crippen LogP contribution in [0.15, 0.2) is 59.0 Å². The van der Waals surface area contributed by atoms with Gasteiger partial charge in [0.2, 0.25) is 0 Å². The van der Waals surface area contributed by atoms with Crippen LogP contribution in [0, 0.1) is 5.92 Å². The van der Waals surface area contributed by atoms with Crippen LogP contribution in [0.2, 0.25) is 0 Å². The van der Waals surface area contributed by atoms with Crippen LogP contribution in [0.4, 0.5) is 4.39 Å². The van der Waals surface area contributed by atoms with Gasteiger partial charge in [0.05, 0.1) is 0 Å². The van der Waals surface area contributed by atoms with E-state index in [1.165, 1.54) is 5.70 Å². The molecule has 0 saturated heterocycles. The molecule has 1 atom stereocenters. The van der Waals surface area contributed by atoms with E-state index >= 15 is 0 Å². The summed E-state index contributed by atoms with van der Waals surface area (Å²) in [4.78, 5) is 2.14. The number of hydrogen-bond acceptors (Lipinski definition) is 2. The number of ether oxygens (including phenoxy) is 1. The normalized spacial score (nSPS) is 25.4. The Morgan fingerprint density at radius 3 is 2.68 bits per heavy atom. The Labute approximate surface area is 113 Å². The van der Waals surface area contributed by atoms with Crippen LogP contribution in [-0.2, 0) is 4.74 Å². The summed E-state index contributed by atoms with van der Waals surface area (Å²) in [5, 5.41) is 0. The van der Waals surface area contributed by atoms with E-state index in [1.807, 2.05) is 12.2 Å². The molecule has 0 saturated carbocycles. The molecule has 2 nitrogen and oxygen atoms in total. The van der Waals surface area contributed by atoms with E-state index in [0.29, 0.717) is 12.3 Å². The van der Waals surface area contributed by atoms with Gasteiger partial charge in [-0.25, -0.2) is 4.39 Å². The fraction of sp³-hybridized carbons (Fsp3) is 0.375. The molecule has 1 heterocycles. The molecule has 3 aliphatic rings. The smallest absolute Gasteiger partial charge is 0.126 e. The van der Waals surface area contributed by atoms with Crippen molar-refractivity contribution in [2.45, 2.75) is 19.3 Å². The Morgan fingerprint density at radius 1 is 1.16 bits per heavy atom. The molecule has 1 unspecified atom stereocenters. The van der Waals surface area contributed by atoms with E-state index in [2.05, 4.69) is 31.1 Å².